The van der Waals surface area contributed by atoms with Gasteiger partial charge in [-0.15, -0.1) is 24.0 Å². The molecule has 0 radical (unpaired) electrons. The largest absolute Gasteiger partial charge is 0.489 e. The Morgan fingerprint density at radius 1 is 1.36 bits per heavy atom. The van der Waals surface area contributed by atoms with Gasteiger partial charge in [0.2, 0.25) is 5.91 Å². The van der Waals surface area contributed by atoms with Gasteiger partial charge in [-0.05, 0) is 37.6 Å². The highest BCUT2D eigenvalue weighted by Crippen LogP contribution is 2.16. The second-order valence-electron chi connectivity index (χ2n) is 6.83. The predicted molar refractivity (Wildman–Crippen MR) is 123 cm³/mol. The summed E-state index contributed by atoms with van der Waals surface area (Å²) in [6.45, 7) is 4.93. The fraction of sp³-hybridized carbons (Fsp3) is 0.579. The molecule has 1 amide bonds. The Hall–Kier alpha value is -1.26. The number of hydrogen-bond donors (Lipinski definition) is 2. The number of benzene rings is 1. The summed E-state index contributed by atoms with van der Waals surface area (Å²) in [5.41, 5.74) is 0. The highest BCUT2D eigenvalue weighted by molar-refractivity contribution is 14.0. The van der Waals surface area contributed by atoms with Crippen LogP contribution in [0.3, 0.4) is 0 Å². The lowest BCUT2D eigenvalue weighted by Crippen LogP contribution is -2.44. The van der Waals surface area contributed by atoms with Crippen LogP contribution in [0.1, 0.15) is 13.3 Å². The van der Waals surface area contributed by atoms with Crippen molar-refractivity contribution >= 4 is 47.4 Å². The third kappa shape index (κ3) is 9.29. The number of halogens is 2. The van der Waals surface area contributed by atoms with Crippen LogP contribution in [0, 0.1) is 5.92 Å². The fourth-order valence-corrected chi connectivity index (χ4v) is 2.60. The Morgan fingerprint density at radius 2 is 2.07 bits per heavy atom. The monoisotopic (exact) mass is 524 g/mol. The minimum atomic E-state index is -0.0856. The first-order valence-electron chi connectivity index (χ1n) is 9.16. The molecule has 7 nitrogen and oxygen atoms in total. The molecule has 0 bridgehead atoms. The smallest absolute Gasteiger partial charge is 0.243 e. The molecule has 1 fully saturated rings. The van der Waals surface area contributed by atoms with E-state index in [1.165, 1.54) is 4.90 Å². The highest BCUT2D eigenvalue weighted by atomic mass is 127. The van der Waals surface area contributed by atoms with Gasteiger partial charge in [-0.2, -0.15) is 0 Å². The van der Waals surface area contributed by atoms with Crippen LogP contribution < -0.4 is 15.4 Å². The molecule has 9 heteroatoms. The average Bonchev–Trinajstić information content (AvgIpc) is 3.16. The first-order valence-corrected chi connectivity index (χ1v) is 9.54. The van der Waals surface area contributed by atoms with E-state index >= 15 is 0 Å². The number of nitrogens with zero attached hydrogens (tertiary/aromatic N) is 2. The molecule has 0 spiro atoms. The molecule has 2 atom stereocenters. The third-order valence-electron chi connectivity index (χ3n) is 4.16. The number of carbonyl (C=O) groups excluding carboxylic acids is 1. The molecule has 1 aromatic rings. The molecule has 0 aromatic heterocycles. The summed E-state index contributed by atoms with van der Waals surface area (Å²) in [6.07, 6.45) is 0.949. The van der Waals surface area contributed by atoms with E-state index in [0.717, 1.165) is 31.9 Å². The standard InChI is InChI=1S/C19H29ClN4O3.HI/c1-14(27-17-6-4-16(20)5-7-17)10-21-19(23-12-18(25)24(2)3)22-11-15-8-9-26-13-15;/h4-7,14-15H,8-13H2,1-3H3,(H2,21,22,23);1H. The van der Waals surface area contributed by atoms with Gasteiger partial charge in [-0.3, -0.25) is 4.79 Å². The van der Waals surface area contributed by atoms with Crippen molar-refractivity contribution in [2.75, 3.05) is 46.9 Å². The topological polar surface area (TPSA) is 75.2 Å². The molecule has 2 N–H and O–H groups in total. The zero-order chi connectivity index (χ0) is 19.6. The van der Waals surface area contributed by atoms with Crippen molar-refractivity contribution in [3.05, 3.63) is 29.3 Å². The molecule has 2 unspecified atom stereocenters. The van der Waals surface area contributed by atoms with Gasteiger partial charge in [0.15, 0.2) is 5.96 Å². The van der Waals surface area contributed by atoms with Crippen LogP contribution in [-0.2, 0) is 9.53 Å². The minimum Gasteiger partial charge on any atom is -0.489 e. The average molecular weight is 525 g/mol. The van der Waals surface area contributed by atoms with Crippen molar-refractivity contribution in [1.82, 2.24) is 15.5 Å². The van der Waals surface area contributed by atoms with Crippen LogP contribution >= 0.6 is 35.6 Å². The zero-order valence-electron chi connectivity index (χ0n) is 16.6. The minimum absolute atomic E-state index is 0. The second kappa shape index (κ2) is 13.1. The van der Waals surface area contributed by atoms with Crippen molar-refractivity contribution in [2.45, 2.75) is 19.4 Å². The summed E-state index contributed by atoms with van der Waals surface area (Å²) in [5.74, 6) is 1.77. The number of hydrogen-bond acceptors (Lipinski definition) is 4. The maximum Gasteiger partial charge on any atom is 0.243 e. The summed E-state index contributed by atoms with van der Waals surface area (Å²) in [4.78, 5) is 17.7. The lowest BCUT2D eigenvalue weighted by Gasteiger charge is -2.19. The molecule has 0 aliphatic carbocycles. The Bertz CT molecular complexity index is 622. The van der Waals surface area contributed by atoms with E-state index in [2.05, 4.69) is 15.6 Å². The van der Waals surface area contributed by atoms with Gasteiger partial charge < -0.3 is 25.0 Å². The highest BCUT2D eigenvalue weighted by Gasteiger charge is 2.16. The summed E-state index contributed by atoms with van der Waals surface area (Å²) >= 11 is 5.89. The molecular formula is C19H30ClIN4O3. The number of ether oxygens (including phenoxy) is 2. The predicted octanol–water partition coefficient (Wildman–Crippen LogP) is 2.39. The van der Waals surface area contributed by atoms with E-state index in [1.54, 1.807) is 26.2 Å². The van der Waals surface area contributed by atoms with Crippen molar-refractivity contribution in [3.8, 4) is 5.75 Å². The van der Waals surface area contributed by atoms with Gasteiger partial charge in [0.1, 0.15) is 18.4 Å². The molecule has 1 heterocycles. The summed E-state index contributed by atoms with van der Waals surface area (Å²) in [7, 11) is 3.44. The molecule has 1 aliphatic heterocycles. The zero-order valence-corrected chi connectivity index (χ0v) is 19.7. The van der Waals surface area contributed by atoms with E-state index in [1.807, 2.05) is 19.1 Å². The molecular weight excluding hydrogens is 495 g/mol. The molecule has 158 valence electrons. The Morgan fingerprint density at radius 3 is 2.68 bits per heavy atom. The Labute approximate surface area is 189 Å². The van der Waals surface area contributed by atoms with Gasteiger partial charge >= 0.3 is 0 Å². The number of likely N-dealkylation sites (N-methyl/N-ethyl adjacent to an activating group) is 1. The van der Waals surface area contributed by atoms with Gasteiger partial charge in [0.25, 0.3) is 0 Å². The first-order chi connectivity index (χ1) is 12.9. The van der Waals surface area contributed by atoms with Crippen LogP contribution in [0.15, 0.2) is 29.3 Å². The van der Waals surface area contributed by atoms with E-state index in [4.69, 9.17) is 21.1 Å². The van der Waals surface area contributed by atoms with Crippen molar-refractivity contribution in [1.29, 1.82) is 0 Å². The van der Waals surface area contributed by atoms with Crippen LogP contribution in [0.5, 0.6) is 5.75 Å². The van der Waals surface area contributed by atoms with E-state index < -0.39 is 0 Å². The summed E-state index contributed by atoms with van der Waals surface area (Å²) in [6, 6.07) is 7.26. The van der Waals surface area contributed by atoms with Gasteiger partial charge in [-0.25, -0.2) is 4.99 Å². The lowest BCUT2D eigenvalue weighted by molar-refractivity contribution is -0.127. The van der Waals surface area contributed by atoms with Crippen molar-refractivity contribution < 1.29 is 14.3 Å². The molecule has 1 saturated heterocycles. The third-order valence-corrected chi connectivity index (χ3v) is 4.41. The first kappa shape index (κ1) is 24.8. The normalized spacial score (nSPS) is 17.4. The number of guanidine groups is 1. The van der Waals surface area contributed by atoms with Crippen LogP contribution in [-0.4, -0.2) is 69.8 Å². The Balaban J connectivity index is 0.00000392. The summed E-state index contributed by atoms with van der Waals surface area (Å²) in [5, 5.41) is 7.22. The number of aliphatic imine (C=N–C) groups is 1. The van der Waals surface area contributed by atoms with Crippen LogP contribution in [0.2, 0.25) is 5.02 Å². The van der Waals surface area contributed by atoms with Crippen LogP contribution in [0.25, 0.3) is 0 Å². The number of rotatable bonds is 8. The summed E-state index contributed by atoms with van der Waals surface area (Å²) < 4.78 is 11.3. The Kier molecular flexibility index (Phi) is 11.6. The van der Waals surface area contributed by atoms with Gasteiger partial charge in [0, 0.05) is 38.2 Å². The maximum atomic E-state index is 11.8. The van der Waals surface area contributed by atoms with Gasteiger partial charge in [-0.1, -0.05) is 11.6 Å². The molecule has 1 aliphatic rings. The second-order valence-corrected chi connectivity index (χ2v) is 7.26. The molecule has 0 saturated carbocycles. The van der Waals surface area contributed by atoms with Crippen LogP contribution in [0.4, 0.5) is 0 Å². The number of nitrogens with one attached hydrogen (secondary N) is 2. The van der Waals surface area contributed by atoms with Crippen molar-refractivity contribution in [2.24, 2.45) is 10.9 Å². The van der Waals surface area contributed by atoms with E-state index in [0.29, 0.717) is 23.4 Å². The molecule has 28 heavy (non-hydrogen) atoms. The SMILES string of the molecule is CC(CNC(=NCC(=O)N(C)C)NCC1CCOC1)Oc1ccc(Cl)cc1.I. The van der Waals surface area contributed by atoms with Gasteiger partial charge in [0.05, 0.1) is 13.2 Å². The fourth-order valence-electron chi connectivity index (χ4n) is 2.48. The number of amides is 1. The number of carbonyl (C=O) groups is 1. The van der Waals surface area contributed by atoms with E-state index in [9.17, 15) is 4.79 Å². The molecule has 1 aromatic carbocycles. The van der Waals surface area contributed by atoms with Crippen molar-refractivity contribution in [3.63, 3.8) is 0 Å². The molecule has 2 rings (SSSR count). The maximum absolute atomic E-state index is 11.8. The lowest BCUT2D eigenvalue weighted by atomic mass is 10.1. The van der Waals surface area contributed by atoms with E-state index in [-0.39, 0.29) is 42.5 Å². The quantitative estimate of drug-likeness (QED) is 0.310.